The van der Waals surface area contributed by atoms with Gasteiger partial charge >= 0.3 is 6.09 Å². The van der Waals surface area contributed by atoms with Gasteiger partial charge in [-0.25, -0.2) is 14.8 Å². The maximum Gasteiger partial charge on any atom is 0.407 e. The second-order valence-electron chi connectivity index (χ2n) is 5.20. The predicted molar refractivity (Wildman–Crippen MR) is 80.6 cm³/mol. The van der Waals surface area contributed by atoms with E-state index >= 15 is 0 Å². The molecule has 1 amide bonds. The van der Waals surface area contributed by atoms with Crippen molar-refractivity contribution in [3.8, 4) is 0 Å². The number of hydrogen-bond acceptors (Lipinski definition) is 7. The number of nitrogens with two attached hydrogens (primary N) is 1. The second-order valence-corrected chi connectivity index (χ2v) is 6.03. The third-order valence-electron chi connectivity index (χ3n) is 3.70. The van der Waals surface area contributed by atoms with Gasteiger partial charge in [0, 0.05) is 25.2 Å². The van der Waals surface area contributed by atoms with E-state index in [0.29, 0.717) is 18.9 Å². The van der Waals surface area contributed by atoms with Crippen molar-refractivity contribution in [1.82, 2.24) is 19.9 Å². The summed E-state index contributed by atoms with van der Waals surface area (Å²) in [6.45, 7) is 4.83. The number of nitrogens with zero attached hydrogens (tertiary/aromatic N) is 5. The minimum absolute atomic E-state index is 0.00324. The van der Waals surface area contributed by atoms with Gasteiger partial charge in [0.15, 0.2) is 10.6 Å². The van der Waals surface area contributed by atoms with Crippen molar-refractivity contribution >= 4 is 39.5 Å². The zero-order valence-electron chi connectivity index (χ0n) is 11.7. The minimum Gasteiger partial charge on any atom is -0.465 e. The number of carboxylic acid groups (broad SMARTS) is 1. The van der Waals surface area contributed by atoms with Gasteiger partial charge in [0.1, 0.15) is 5.52 Å². The molecule has 112 valence electrons. The van der Waals surface area contributed by atoms with Crippen molar-refractivity contribution in [3.05, 3.63) is 5.51 Å². The van der Waals surface area contributed by atoms with Crippen LogP contribution < -0.4 is 10.6 Å². The standard InChI is InChI=1S/C12H16N6O2S/c1-6-4-18(12(19)20)7(2)3-17(6)9-8-10(21-5-14-8)16-11(13)15-9/h5-7H,3-4H2,1-2H3,(H,19,20)(H2,13,15,16)/t6-,7+/m0/s1. The van der Waals surface area contributed by atoms with Crippen molar-refractivity contribution in [2.24, 2.45) is 0 Å². The summed E-state index contributed by atoms with van der Waals surface area (Å²) in [5.41, 5.74) is 8.20. The van der Waals surface area contributed by atoms with Crippen LogP contribution in [0.3, 0.4) is 0 Å². The number of aromatic nitrogens is 3. The van der Waals surface area contributed by atoms with E-state index in [-0.39, 0.29) is 18.0 Å². The lowest BCUT2D eigenvalue weighted by molar-refractivity contribution is 0.114. The van der Waals surface area contributed by atoms with Crippen LogP contribution in [0.5, 0.6) is 0 Å². The molecule has 0 aromatic carbocycles. The molecule has 2 aromatic rings. The fourth-order valence-corrected chi connectivity index (χ4v) is 3.31. The first kappa shape index (κ1) is 13.8. The lowest BCUT2D eigenvalue weighted by Crippen LogP contribution is -2.58. The van der Waals surface area contributed by atoms with E-state index < -0.39 is 6.09 Å². The van der Waals surface area contributed by atoms with Crippen LogP contribution in [0.2, 0.25) is 0 Å². The molecule has 0 spiro atoms. The smallest absolute Gasteiger partial charge is 0.407 e. The number of anilines is 2. The largest absolute Gasteiger partial charge is 0.465 e. The molecule has 0 saturated carbocycles. The highest BCUT2D eigenvalue weighted by Gasteiger charge is 2.33. The van der Waals surface area contributed by atoms with Crippen LogP contribution in [0.1, 0.15) is 13.8 Å². The van der Waals surface area contributed by atoms with Crippen LogP contribution in [-0.2, 0) is 0 Å². The summed E-state index contributed by atoms with van der Waals surface area (Å²) in [4.78, 5) is 28.3. The Hall–Kier alpha value is -2.16. The average molecular weight is 308 g/mol. The topological polar surface area (TPSA) is 108 Å². The Kier molecular flexibility index (Phi) is 3.28. The monoisotopic (exact) mass is 308 g/mol. The highest BCUT2D eigenvalue weighted by atomic mass is 32.1. The molecule has 0 aliphatic carbocycles. The Morgan fingerprint density at radius 3 is 2.86 bits per heavy atom. The van der Waals surface area contributed by atoms with Crippen LogP contribution in [-0.4, -0.2) is 56.2 Å². The van der Waals surface area contributed by atoms with Gasteiger partial charge in [0.05, 0.1) is 5.51 Å². The summed E-state index contributed by atoms with van der Waals surface area (Å²) < 4.78 is 0. The minimum atomic E-state index is -0.894. The maximum atomic E-state index is 11.2. The van der Waals surface area contributed by atoms with Crippen molar-refractivity contribution in [2.75, 3.05) is 23.7 Å². The Morgan fingerprint density at radius 1 is 1.38 bits per heavy atom. The van der Waals surface area contributed by atoms with Gasteiger partial charge in [-0.1, -0.05) is 0 Å². The molecule has 1 fully saturated rings. The van der Waals surface area contributed by atoms with Crippen molar-refractivity contribution < 1.29 is 9.90 Å². The first-order chi connectivity index (χ1) is 9.97. The summed E-state index contributed by atoms with van der Waals surface area (Å²) >= 11 is 1.41. The normalized spacial score (nSPS) is 22.8. The quantitative estimate of drug-likeness (QED) is 0.816. The van der Waals surface area contributed by atoms with Crippen LogP contribution in [0.15, 0.2) is 5.51 Å². The number of piperazine rings is 1. The van der Waals surface area contributed by atoms with E-state index in [4.69, 9.17) is 5.73 Å². The first-order valence-corrected chi connectivity index (χ1v) is 7.48. The van der Waals surface area contributed by atoms with E-state index in [9.17, 15) is 9.90 Å². The van der Waals surface area contributed by atoms with Crippen molar-refractivity contribution in [3.63, 3.8) is 0 Å². The number of hydrogen-bond donors (Lipinski definition) is 2. The lowest BCUT2D eigenvalue weighted by atomic mass is 10.1. The molecule has 1 saturated heterocycles. The van der Waals surface area contributed by atoms with Crippen molar-refractivity contribution in [2.45, 2.75) is 25.9 Å². The number of thiazole rings is 1. The summed E-state index contributed by atoms with van der Waals surface area (Å²) in [5.74, 6) is 0.894. The second kappa shape index (κ2) is 4.99. The Bertz CT molecular complexity index is 689. The van der Waals surface area contributed by atoms with Crippen molar-refractivity contribution in [1.29, 1.82) is 0 Å². The molecule has 21 heavy (non-hydrogen) atoms. The zero-order valence-corrected chi connectivity index (χ0v) is 12.5. The third-order valence-corrected chi connectivity index (χ3v) is 4.42. The highest BCUT2D eigenvalue weighted by Crippen LogP contribution is 2.29. The van der Waals surface area contributed by atoms with Gasteiger partial charge in [-0.3, -0.25) is 0 Å². The molecule has 2 aromatic heterocycles. The Balaban J connectivity index is 1.99. The maximum absolute atomic E-state index is 11.2. The SMILES string of the molecule is C[C@@H]1CN(c2nc(N)nc3scnc23)[C@@H](C)CN1C(=O)O. The van der Waals surface area contributed by atoms with Gasteiger partial charge in [-0.15, -0.1) is 11.3 Å². The number of rotatable bonds is 1. The van der Waals surface area contributed by atoms with E-state index in [2.05, 4.69) is 19.9 Å². The highest BCUT2D eigenvalue weighted by molar-refractivity contribution is 7.16. The summed E-state index contributed by atoms with van der Waals surface area (Å²) in [5, 5.41) is 9.22. The molecule has 9 heteroatoms. The molecule has 1 aliphatic rings. The van der Waals surface area contributed by atoms with Gasteiger partial charge in [-0.2, -0.15) is 4.98 Å². The lowest BCUT2D eigenvalue weighted by Gasteiger charge is -2.43. The number of fused-ring (bicyclic) bond motifs is 1. The van der Waals surface area contributed by atoms with Gasteiger partial charge < -0.3 is 20.6 Å². The molecule has 3 rings (SSSR count). The van der Waals surface area contributed by atoms with Gasteiger partial charge in [0.25, 0.3) is 0 Å². The zero-order chi connectivity index (χ0) is 15.1. The summed E-state index contributed by atoms with van der Waals surface area (Å²) in [7, 11) is 0. The molecule has 1 aliphatic heterocycles. The number of amides is 1. The van der Waals surface area contributed by atoms with E-state index in [1.807, 2.05) is 13.8 Å². The van der Waals surface area contributed by atoms with E-state index in [0.717, 1.165) is 10.3 Å². The molecule has 0 unspecified atom stereocenters. The molecular weight excluding hydrogens is 292 g/mol. The average Bonchev–Trinajstić information content (AvgIpc) is 2.87. The van der Waals surface area contributed by atoms with Crippen LogP contribution >= 0.6 is 11.3 Å². The molecule has 0 radical (unpaired) electrons. The molecular formula is C12H16N6O2S. The molecule has 0 bridgehead atoms. The van der Waals surface area contributed by atoms with E-state index in [1.165, 1.54) is 16.2 Å². The fourth-order valence-electron chi connectivity index (χ4n) is 2.65. The predicted octanol–water partition coefficient (Wildman–Crippen LogP) is 1.25. The molecule has 8 nitrogen and oxygen atoms in total. The van der Waals surface area contributed by atoms with Gasteiger partial charge in [0.2, 0.25) is 5.95 Å². The third kappa shape index (κ3) is 2.33. The van der Waals surface area contributed by atoms with Crippen LogP contribution in [0.4, 0.5) is 16.6 Å². The number of nitrogen functional groups attached to an aromatic ring is 1. The molecule has 3 heterocycles. The van der Waals surface area contributed by atoms with Crippen LogP contribution in [0, 0.1) is 0 Å². The summed E-state index contributed by atoms with van der Waals surface area (Å²) in [6.07, 6.45) is -0.894. The first-order valence-electron chi connectivity index (χ1n) is 6.60. The van der Waals surface area contributed by atoms with Gasteiger partial charge in [-0.05, 0) is 13.8 Å². The van der Waals surface area contributed by atoms with Crippen LogP contribution in [0.25, 0.3) is 10.3 Å². The molecule has 3 N–H and O–H groups in total. The Morgan fingerprint density at radius 2 is 2.14 bits per heavy atom. The molecule has 2 atom stereocenters. The number of carbonyl (C=O) groups is 1. The van der Waals surface area contributed by atoms with E-state index in [1.54, 1.807) is 5.51 Å². The fraction of sp³-hybridized carbons (Fsp3) is 0.500. The Labute approximate surface area is 125 Å². The summed E-state index contributed by atoms with van der Waals surface area (Å²) in [6, 6.07) is -0.125.